The van der Waals surface area contributed by atoms with E-state index in [4.69, 9.17) is 4.74 Å². The number of nitrogens with one attached hydrogen (secondary N) is 1. The maximum absolute atomic E-state index is 12.8. The SMILES string of the molecule is CN(C(=O)c1ccc(CSc2ncn[nH]2)cc1)c1ccc(Oc2ccccc2)cc1. The number of amides is 1. The zero-order valence-electron chi connectivity index (χ0n) is 16.4. The Balaban J connectivity index is 1.37. The number of hydrogen-bond acceptors (Lipinski definition) is 5. The van der Waals surface area contributed by atoms with Crippen molar-refractivity contribution in [1.82, 2.24) is 15.2 Å². The van der Waals surface area contributed by atoms with Crippen LogP contribution >= 0.6 is 11.8 Å². The molecule has 1 aromatic heterocycles. The molecule has 150 valence electrons. The number of anilines is 1. The van der Waals surface area contributed by atoms with Gasteiger partial charge in [-0.15, -0.1) is 0 Å². The summed E-state index contributed by atoms with van der Waals surface area (Å²) in [7, 11) is 1.77. The fourth-order valence-corrected chi connectivity index (χ4v) is 3.57. The topological polar surface area (TPSA) is 71.1 Å². The molecule has 4 rings (SSSR count). The van der Waals surface area contributed by atoms with E-state index in [0.29, 0.717) is 5.56 Å². The first kappa shape index (κ1) is 19.7. The largest absolute Gasteiger partial charge is 0.457 e. The van der Waals surface area contributed by atoms with Crippen molar-refractivity contribution in [2.75, 3.05) is 11.9 Å². The minimum atomic E-state index is -0.0684. The summed E-state index contributed by atoms with van der Waals surface area (Å²) < 4.78 is 5.81. The molecule has 0 atom stereocenters. The van der Waals surface area contributed by atoms with Crippen LogP contribution in [-0.4, -0.2) is 28.1 Å². The highest BCUT2D eigenvalue weighted by molar-refractivity contribution is 7.98. The van der Waals surface area contributed by atoms with E-state index in [2.05, 4.69) is 15.2 Å². The Kier molecular flexibility index (Phi) is 6.10. The number of ether oxygens (including phenoxy) is 1. The Hall–Kier alpha value is -3.58. The van der Waals surface area contributed by atoms with Gasteiger partial charge in [0.25, 0.3) is 5.91 Å². The van der Waals surface area contributed by atoms with E-state index in [9.17, 15) is 4.79 Å². The number of aromatic nitrogens is 3. The van der Waals surface area contributed by atoms with Crippen molar-refractivity contribution in [1.29, 1.82) is 0 Å². The molecule has 1 heterocycles. The van der Waals surface area contributed by atoms with Gasteiger partial charge in [-0.3, -0.25) is 9.89 Å². The second-order valence-electron chi connectivity index (χ2n) is 6.55. The molecule has 6 nitrogen and oxygen atoms in total. The molecule has 0 unspecified atom stereocenters. The molecule has 0 fully saturated rings. The number of H-pyrrole nitrogens is 1. The summed E-state index contributed by atoms with van der Waals surface area (Å²) in [5.41, 5.74) is 2.54. The molecule has 3 aromatic carbocycles. The number of nitrogens with zero attached hydrogens (tertiary/aromatic N) is 3. The predicted octanol–water partition coefficient (Wildman–Crippen LogP) is 5.17. The zero-order valence-corrected chi connectivity index (χ0v) is 17.2. The van der Waals surface area contributed by atoms with Crippen LogP contribution in [0.3, 0.4) is 0 Å². The van der Waals surface area contributed by atoms with Crippen LogP contribution in [0.25, 0.3) is 0 Å². The third-order valence-corrected chi connectivity index (χ3v) is 5.42. The Bertz CT molecular complexity index is 1080. The zero-order chi connectivity index (χ0) is 20.8. The minimum absolute atomic E-state index is 0.0684. The first-order valence-electron chi connectivity index (χ1n) is 9.37. The molecule has 0 aliphatic heterocycles. The number of thioether (sulfide) groups is 1. The van der Waals surface area contributed by atoms with Crippen LogP contribution in [0.4, 0.5) is 5.69 Å². The average molecular weight is 417 g/mol. The first-order valence-corrected chi connectivity index (χ1v) is 10.4. The lowest BCUT2D eigenvalue weighted by atomic mass is 10.1. The second kappa shape index (κ2) is 9.28. The van der Waals surface area contributed by atoms with E-state index in [0.717, 1.165) is 33.7 Å². The number of rotatable bonds is 7. The number of benzene rings is 3. The summed E-state index contributed by atoms with van der Waals surface area (Å²) in [6.45, 7) is 0. The number of carbonyl (C=O) groups excluding carboxylic acids is 1. The summed E-state index contributed by atoms with van der Waals surface area (Å²) in [4.78, 5) is 18.6. The number of para-hydroxylation sites is 1. The van der Waals surface area contributed by atoms with Gasteiger partial charge in [-0.25, -0.2) is 4.98 Å². The van der Waals surface area contributed by atoms with Crippen molar-refractivity contribution in [2.45, 2.75) is 10.9 Å². The first-order chi connectivity index (χ1) is 14.7. The highest BCUT2D eigenvalue weighted by Crippen LogP contribution is 2.25. The fourth-order valence-electron chi connectivity index (χ4n) is 2.83. The van der Waals surface area contributed by atoms with Crippen LogP contribution in [0.1, 0.15) is 15.9 Å². The number of carbonyl (C=O) groups is 1. The molecule has 0 aliphatic carbocycles. The molecular weight excluding hydrogens is 396 g/mol. The van der Waals surface area contributed by atoms with Gasteiger partial charge in [0.2, 0.25) is 0 Å². The van der Waals surface area contributed by atoms with Crippen molar-refractivity contribution in [3.8, 4) is 11.5 Å². The lowest BCUT2D eigenvalue weighted by Gasteiger charge is -2.18. The maximum atomic E-state index is 12.8. The van der Waals surface area contributed by atoms with E-state index in [1.165, 1.54) is 6.33 Å². The van der Waals surface area contributed by atoms with Gasteiger partial charge in [0.15, 0.2) is 5.16 Å². The maximum Gasteiger partial charge on any atom is 0.258 e. The van der Waals surface area contributed by atoms with Crippen molar-refractivity contribution >= 4 is 23.4 Å². The average Bonchev–Trinajstić information content (AvgIpc) is 3.32. The lowest BCUT2D eigenvalue weighted by molar-refractivity contribution is 0.0993. The number of aromatic amines is 1. The highest BCUT2D eigenvalue weighted by Gasteiger charge is 2.14. The van der Waals surface area contributed by atoms with Crippen LogP contribution < -0.4 is 9.64 Å². The molecular formula is C23H20N4O2S. The molecule has 0 saturated carbocycles. The van der Waals surface area contributed by atoms with Crippen LogP contribution in [-0.2, 0) is 5.75 Å². The van der Waals surface area contributed by atoms with Crippen LogP contribution in [0.5, 0.6) is 11.5 Å². The summed E-state index contributed by atoms with van der Waals surface area (Å²) in [6.07, 6.45) is 1.49. The smallest absolute Gasteiger partial charge is 0.258 e. The predicted molar refractivity (Wildman–Crippen MR) is 118 cm³/mol. The molecule has 0 radical (unpaired) electrons. The van der Waals surface area contributed by atoms with Crippen molar-refractivity contribution in [2.24, 2.45) is 0 Å². The van der Waals surface area contributed by atoms with Gasteiger partial charge in [0.05, 0.1) is 0 Å². The van der Waals surface area contributed by atoms with Gasteiger partial charge < -0.3 is 9.64 Å². The van der Waals surface area contributed by atoms with E-state index >= 15 is 0 Å². The Morgan fingerprint density at radius 1 is 0.967 bits per heavy atom. The highest BCUT2D eigenvalue weighted by atomic mass is 32.2. The van der Waals surface area contributed by atoms with Gasteiger partial charge in [-0.2, -0.15) is 5.10 Å². The quantitative estimate of drug-likeness (QED) is 0.421. The lowest BCUT2D eigenvalue weighted by Crippen LogP contribution is -2.26. The molecule has 0 spiro atoms. The Morgan fingerprint density at radius 2 is 1.67 bits per heavy atom. The van der Waals surface area contributed by atoms with Gasteiger partial charge in [-0.1, -0.05) is 42.1 Å². The van der Waals surface area contributed by atoms with E-state index in [1.54, 1.807) is 23.7 Å². The fraction of sp³-hybridized carbons (Fsp3) is 0.0870. The second-order valence-corrected chi connectivity index (χ2v) is 7.51. The third-order valence-electron chi connectivity index (χ3n) is 4.48. The summed E-state index contributed by atoms with van der Waals surface area (Å²) in [5.74, 6) is 2.18. The number of hydrogen-bond donors (Lipinski definition) is 1. The van der Waals surface area contributed by atoms with Gasteiger partial charge in [-0.05, 0) is 54.1 Å². The molecule has 1 N–H and O–H groups in total. The van der Waals surface area contributed by atoms with Crippen molar-refractivity contribution in [3.63, 3.8) is 0 Å². The van der Waals surface area contributed by atoms with Crippen LogP contribution in [0.15, 0.2) is 90.3 Å². The molecule has 4 aromatic rings. The summed E-state index contributed by atoms with van der Waals surface area (Å²) in [5, 5.41) is 7.42. The molecule has 30 heavy (non-hydrogen) atoms. The van der Waals surface area contributed by atoms with E-state index in [-0.39, 0.29) is 5.91 Å². The van der Waals surface area contributed by atoms with Gasteiger partial charge >= 0.3 is 0 Å². The summed E-state index contributed by atoms with van der Waals surface area (Å²) in [6, 6.07) is 24.7. The van der Waals surface area contributed by atoms with Crippen LogP contribution in [0.2, 0.25) is 0 Å². The van der Waals surface area contributed by atoms with E-state index < -0.39 is 0 Å². The van der Waals surface area contributed by atoms with E-state index in [1.807, 2.05) is 78.9 Å². The normalized spacial score (nSPS) is 10.6. The molecule has 0 saturated heterocycles. The standard InChI is InChI=1S/C23H20N4O2S/c1-27(19-11-13-21(14-12-19)29-20-5-3-2-4-6-20)22(28)18-9-7-17(8-10-18)15-30-23-24-16-25-26-23/h2-14,16H,15H2,1H3,(H,24,25,26). The van der Waals surface area contributed by atoms with Crippen LogP contribution in [0, 0.1) is 0 Å². The van der Waals surface area contributed by atoms with Crippen molar-refractivity contribution in [3.05, 3.63) is 96.3 Å². The summed E-state index contributed by atoms with van der Waals surface area (Å²) >= 11 is 1.56. The Morgan fingerprint density at radius 3 is 2.33 bits per heavy atom. The molecule has 7 heteroatoms. The molecule has 1 amide bonds. The molecule has 0 aliphatic rings. The van der Waals surface area contributed by atoms with Crippen molar-refractivity contribution < 1.29 is 9.53 Å². The minimum Gasteiger partial charge on any atom is -0.457 e. The molecule has 0 bridgehead atoms. The Labute approximate surface area is 178 Å². The third kappa shape index (κ3) is 4.87. The van der Waals surface area contributed by atoms with Gasteiger partial charge in [0, 0.05) is 24.1 Å². The van der Waals surface area contributed by atoms with Gasteiger partial charge in [0.1, 0.15) is 17.8 Å². The monoisotopic (exact) mass is 416 g/mol.